The molecule has 0 radical (unpaired) electrons. The summed E-state index contributed by atoms with van der Waals surface area (Å²) in [6, 6.07) is 15.7. The van der Waals surface area contributed by atoms with Gasteiger partial charge in [-0.25, -0.2) is 4.39 Å². The van der Waals surface area contributed by atoms with Crippen molar-refractivity contribution in [3.05, 3.63) is 101 Å². The molecule has 0 saturated carbocycles. The average Bonchev–Trinajstić information content (AvgIpc) is 2.88. The molecular weight excluding hydrogens is 527 g/mol. The number of benzene rings is 3. The summed E-state index contributed by atoms with van der Waals surface area (Å²) in [5.41, 5.74) is -1.56. The van der Waals surface area contributed by atoms with Crippen molar-refractivity contribution in [2.24, 2.45) is 0 Å². The molecule has 0 bridgehead atoms. The quantitative estimate of drug-likeness (QED) is 0.340. The Hall–Kier alpha value is -3.60. The Morgan fingerprint density at radius 1 is 0.846 bits per heavy atom. The van der Waals surface area contributed by atoms with E-state index in [0.29, 0.717) is 37.5 Å². The van der Waals surface area contributed by atoms with Gasteiger partial charge in [0.15, 0.2) is 0 Å². The van der Waals surface area contributed by atoms with Crippen LogP contribution in [0.25, 0.3) is 0 Å². The second kappa shape index (κ2) is 11.3. The summed E-state index contributed by atoms with van der Waals surface area (Å²) >= 11 is 0. The Bertz CT molecular complexity index is 1240. The van der Waals surface area contributed by atoms with Gasteiger partial charge in [-0.2, -0.15) is 26.3 Å². The van der Waals surface area contributed by atoms with E-state index in [-0.39, 0.29) is 18.2 Å². The molecule has 1 aliphatic heterocycles. The van der Waals surface area contributed by atoms with Crippen LogP contribution in [0.15, 0.2) is 72.8 Å². The number of halogens is 7. The lowest BCUT2D eigenvalue weighted by molar-refractivity contribution is -0.143. The van der Waals surface area contributed by atoms with Crippen LogP contribution in [0.3, 0.4) is 0 Å². The molecule has 1 saturated heterocycles. The highest BCUT2D eigenvalue weighted by Gasteiger charge is 2.38. The van der Waals surface area contributed by atoms with E-state index < -0.39 is 47.8 Å². The molecular formula is C28H26F7N3O. The lowest BCUT2D eigenvalue weighted by atomic mass is 10.0. The highest BCUT2D eigenvalue weighted by atomic mass is 19.4. The highest BCUT2D eigenvalue weighted by Crippen LogP contribution is 2.36. The molecule has 0 N–H and O–H groups in total. The van der Waals surface area contributed by atoms with Crippen LogP contribution in [-0.4, -0.2) is 48.4 Å². The van der Waals surface area contributed by atoms with Crippen LogP contribution in [0.2, 0.25) is 0 Å². The van der Waals surface area contributed by atoms with E-state index in [1.807, 2.05) is 30.3 Å². The van der Waals surface area contributed by atoms with Gasteiger partial charge in [0.2, 0.25) is 5.91 Å². The number of hydrogen-bond acceptors (Lipinski definition) is 3. The van der Waals surface area contributed by atoms with Crippen LogP contribution < -0.4 is 4.90 Å². The maximum atomic E-state index is 13.7. The summed E-state index contributed by atoms with van der Waals surface area (Å²) in [7, 11) is 1.34. The van der Waals surface area contributed by atoms with Crippen molar-refractivity contribution >= 4 is 11.6 Å². The third-order valence-electron chi connectivity index (χ3n) is 6.60. The fourth-order valence-electron chi connectivity index (χ4n) is 4.69. The molecule has 0 spiro atoms. The van der Waals surface area contributed by atoms with Gasteiger partial charge < -0.3 is 9.80 Å². The third-order valence-corrected chi connectivity index (χ3v) is 6.60. The Balaban J connectivity index is 1.60. The van der Waals surface area contributed by atoms with Gasteiger partial charge >= 0.3 is 12.4 Å². The molecule has 4 rings (SSSR count). The van der Waals surface area contributed by atoms with E-state index in [9.17, 15) is 35.5 Å². The predicted molar refractivity (Wildman–Crippen MR) is 132 cm³/mol. The Labute approximate surface area is 221 Å². The van der Waals surface area contributed by atoms with Crippen molar-refractivity contribution in [1.82, 2.24) is 9.80 Å². The SMILES string of the molecule is CN(Cc1cc(C(F)(F)F)cc(C(F)(F)F)c1)C(=O)C1CN(Cc2ccccc2)CCN1c1ccc(F)cc1. The molecule has 4 nitrogen and oxygen atoms in total. The molecule has 208 valence electrons. The molecule has 11 heteroatoms. The predicted octanol–water partition coefficient (Wildman–Crippen LogP) is 6.21. The molecule has 39 heavy (non-hydrogen) atoms. The van der Waals surface area contributed by atoms with E-state index in [0.717, 1.165) is 10.5 Å². The van der Waals surface area contributed by atoms with Gasteiger partial charge in [-0.3, -0.25) is 9.69 Å². The summed E-state index contributed by atoms with van der Waals surface area (Å²) in [6.45, 7) is 1.34. The molecule has 0 aliphatic carbocycles. The number of nitrogens with zero attached hydrogens (tertiary/aromatic N) is 3. The van der Waals surface area contributed by atoms with Gasteiger partial charge in [0.1, 0.15) is 11.9 Å². The number of carbonyl (C=O) groups is 1. The number of carbonyl (C=O) groups excluding carboxylic acids is 1. The van der Waals surface area contributed by atoms with Crippen LogP contribution in [0.5, 0.6) is 0 Å². The van der Waals surface area contributed by atoms with Gasteiger partial charge in [-0.1, -0.05) is 30.3 Å². The van der Waals surface area contributed by atoms with Crippen LogP contribution in [0.1, 0.15) is 22.3 Å². The maximum Gasteiger partial charge on any atom is 0.416 e. The fraction of sp³-hybridized carbons (Fsp3) is 0.321. The number of alkyl halides is 6. The first-order chi connectivity index (χ1) is 18.3. The zero-order valence-electron chi connectivity index (χ0n) is 20.9. The minimum atomic E-state index is -4.99. The summed E-state index contributed by atoms with van der Waals surface area (Å²) < 4.78 is 93.5. The standard InChI is InChI=1S/C28H26F7N3O/c1-36(16-20-13-21(27(30,31)32)15-22(14-20)28(33,34)35)26(39)25-18-37(17-19-5-3-2-4-6-19)11-12-38(25)24-9-7-23(29)8-10-24/h2-10,13-15,25H,11-12,16-18H2,1H3. The monoisotopic (exact) mass is 553 g/mol. The van der Waals surface area contributed by atoms with Crippen LogP contribution in [0, 0.1) is 5.82 Å². The first-order valence-corrected chi connectivity index (χ1v) is 12.1. The molecule has 1 heterocycles. The Kier molecular flexibility index (Phi) is 8.20. The summed E-state index contributed by atoms with van der Waals surface area (Å²) in [5.74, 6) is -0.936. The van der Waals surface area contributed by atoms with Crippen molar-refractivity contribution in [2.45, 2.75) is 31.5 Å². The van der Waals surface area contributed by atoms with Crippen molar-refractivity contribution < 1.29 is 35.5 Å². The molecule has 1 aliphatic rings. The largest absolute Gasteiger partial charge is 0.416 e. The lowest BCUT2D eigenvalue weighted by Gasteiger charge is -2.43. The van der Waals surface area contributed by atoms with E-state index in [1.165, 1.54) is 31.3 Å². The molecule has 0 aromatic heterocycles. The van der Waals surface area contributed by atoms with Gasteiger partial charge in [-0.15, -0.1) is 0 Å². The van der Waals surface area contributed by atoms with Crippen molar-refractivity contribution in [1.29, 1.82) is 0 Å². The first kappa shape index (κ1) is 28.4. The van der Waals surface area contributed by atoms with Crippen molar-refractivity contribution in [3.8, 4) is 0 Å². The van der Waals surface area contributed by atoms with Crippen LogP contribution in [0.4, 0.5) is 36.4 Å². The normalized spacial score (nSPS) is 16.8. The number of hydrogen-bond donors (Lipinski definition) is 0. The number of likely N-dealkylation sites (N-methyl/N-ethyl adjacent to an activating group) is 1. The summed E-state index contributed by atoms with van der Waals surface area (Å²) in [4.78, 5) is 18.6. The van der Waals surface area contributed by atoms with Gasteiger partial charge in [-0.05, 0) is 53.6 Å². The zero-order valence-corrected chi connectivity index (χ0v) is 20.9. The molecule has 1 fully saturated rings. The highest BCUT2D eigenvalue weighted by molar-refractivity contribution is 5.85. The van der Waals surface area contributed by atoms with E-state index in [2.05, 4.69) is 4.90 Å². The minimum Gasteiger partial charge on any atom is -0.357 e. The number of amides is 1. The van der Waals surface area contributed by atoms with E-state index in [1.54, 1.807) is 4.90 Å². The summed E-state index contributed by atoms with van der Waals surface area (Å²) in [5, 5.41) is 0. The number of anilines is 1. The lowest BCUT2D eigenvalue weighted by Crippen LogP contribution is -2.59. The van der Waals surface area contributed by atoms with Gasteiger partial charge in [0.05, 0.1) is 11.1 Å². The summed E-state index contributed by atoms with van der Waals surface area (Å²) in [6.07, 6.45) is -9.97. The fourth-order valence-corrected chi connectivity index (χ4v) is 4.69. The molecule has 1 atom stereocenters. The number of piperazine rings is 1. The smallest absolute Gasteiger partial charge is 0.357 e. The molecule has 1 unspecified atom stereocenters. The van der Waals surface area contributed by atoms with Crippen molar-refractivity contribution in [3.63, 3.8) is 0 Å². The maximum absolute atomic E-state index is 13.7. The molecule has 1 amide bonds. The Morgan fingerprint density at radius 2 is 1.44 bits per heavy atom. The van der Waals surface area contributed by atoms with E-state index in [4.69, 9.17) is 0 Å². The number of rotatable bonds is 6. The van der Waals surface area contributed by atoms with Crippen LogP contribution >= 0.6 is 0 Å². The second-order valence-electron chi connectivity index (χ2n) is 9.51. The second-order valence-corrected chi connectivity index (χ2v) is 9.51. The minimum absolute atomic E-state index is 0.0597. The van der Waals surface area contributed by atoms with E-state index >= 15 is 0 Å². The Morgan fingerprint density at radius 3 is 2.00 bits per heavy atom. The third kappa shape index (κ3) is 7.08. The van der Waals surface area contributed by atoms with Crippen LogP contribution in [-0.2, 0) is 30.2 Å². The molecule has 3 aromatic rings. The van der Waals surface area contributed by atoms with Crippen molar-refractivity contribution in [2.75, 3.05) is 31.6 Å². The zero-order chi connectivity index (χ0) is 28.4. The van der Waals surface area contributed by atoms with Gasteiger partial charge in [0.25, 0.3) is 0 Å². The van der Waals surface area contributed by atoms with Gasteiger partial charge in [0, 0.05) is 45.5 Å². The first-order valence-electron chi connectivity index (χ1n) is 12.1. The molecule has 3 aromatic carbocycles. The topological polar surface area (TPSA) is 26.8 Å². The average molecular weight is 554 g/mol.